The molecule has 0 aliphatic heterocycles. The van der Waals surface area contributed by atoms with Gasteiger partial charge in [-0.25, -0.2) is 0 Å². The van der Waals surface area contributed by atoms with Crippen molar-refractivity contribution in [2.24, 2.45) is 0 Å². The summed E-state index contributed by atoms with van der Waals surface area (Å²) in [7, 11) is 1.53. The van der Waals surface area contributed by atoms with E-state index in [9.17, 15) is 8.78 Å². The number of halogens is 2. The molecule has 0 amide bonds. The quantitative estimate of drug-likeness (QED) is 0.342. The van der Waals surface area contributed by atoms with E-state index in [0.717, 1.165) is 6.07 Å². The Morgan fingerprint density at radius 2 is 2.00 bits per heavy atom. The van der Waals surface area contributed by atoms with E-state index >= 15 is 0 Å². The molecule has 0 saturated heterocycles. The van der Waals surface area contributed by atoms with Crippen molar-refractivity contribution < 1.29 is 8.78 Å². The molecule has 0 aliphatic rings. The van der Waals surface area contributed by atoms with Crippen molar-refractivity contribution in [1.29, 1.82) is 0 Å². The Bertz CT molecular complexity index is 226. The van der Waals surface area contributed by atoms with E-state index in [4.69, 9.17) is 0 Å². The maximum atomic E-state index is 12.2. The van der Waals surface area contributed by atoms with Gasteiger partial charge < -0.3 is 0 Å². The molecule has 1 rings (SSSR count). The van der Waals surface area contributed by atoms with Crippen LogP contribution in [0.4, 0.5) is 8.78 Å². The Hall–Kier alpha value is -0.925. The molecule has 0 aliphatic carbocycles. The van der Waals surface area contributed by atoms with Crippen molar-refractivity contribution in [3.8, 4) is 0 Å². The van der Waals surface area contributed by atoms with Crippen LogP contribution in [0.15, 0.2) is 12.1 Å². The topological polar surface area (TPSA) is 12.9 Å². The third-order valence-electron chi connectivity index (χ3n) is 1.00. The fraction of sp³-hybridized carbons (Fsp3) is 0. The predicted molar refractivity (Wildman–Crippen MR) is 32.3 cm³/mol. The molecule has 4 heteroatoms. The minimum atomic E-state index is -0.780. The van der Waals surface area contributed by atoms with Crippen LogP contribution in [0.1, 0.15) is 0 Å². The third kappa shape index (κ3) is 1.25. The van der Waals surface area contributed by atoms with Gasteiger partial charge in [-0.2, -0.15) is 13.8 Å². The van der Waals surface area contributed by atoms with Crippen molar-refractivity contribution in [3.05, 3.63) is 24.0 Å². The zero-order chi connectivity index (χ0) is 6.85. The summed E-state index contributed by atoms with van der Waals surface area (Å²) < 4.78 is 24.2. The van der Waals surface area contributed by atoms with Crippen molar-refractivity contribution in [3.63, 3.8) is 0 Å². The lowest BCUT2D eigenvalue weighted by molar-refractivity contribution is 0.518. The minimum absolute atomic E-state index is 0.358. The molecule has 0 unspecified atom stereocenters. The highest BCUT2D eigenvalue weighted by atomic mass is 19.1. The number of nitrogens with zero attached hydrogens (tertiary/aromatic N) is 1. The highest BCUT2D eigenvalue weighted by Crippen LogP contribution is 1.90. The molecule has 0 atom stereocenters. The predicted octanol–water partition coefficient (Wildman–Crippen LogP) is -0.382. The van der Waals surface area contributed by atoms with Crippen LogP contribution in [0.25, 0.3) is 0 Å². The lowest BCUT2D eigenvalue weighted by atomic mass is 9.99. The maximum absolute atomic E-state index is 12.2. The van der Waals surface area contributed by atoms with Gasteiger partial charge in [0.25, 0.3) is 0 Å². The van der Waals surface area contributed by atoms with Gasteiger partial charge >= 0.3 is 0 Å². The van der Waals surface area contributed by atoms with Gasteiger partial charge in [-0.1, -0.05) is 6.07 Å². The molecule has 0 fully saturated rings. The summed E-state index contributed by atoms with van der Waals surface area (Å²) in [4.78, 5) is 2.94. The van der Waals surface area contributed by atoms with Gasteiger partial charge in [0.15, 0.2) is 0 Å². The van der Waals surface area contributed by atoms with E-state index in [1.807, 2.05) is 0 Å². The summed E-state index contributed by atoms with van der Waals surface area (Å²) in [5, 5.41) is 0. The molecular weight excluding hydrogens is 123 g/mol. The van der Waals surface area contributed by atoms with E-state index < -0.39 is 11.9 Å². The van der Waals surface area contributed by atoms with Gasteiger partial charge in [0.2, 0.25) is 11.9 Å². The van der Waals surface area contributed by atoms with Crippen LogP contribution in [-0.4, -0.2) is 12.8 Å². The Kier molecular flexibility index (Phi) is 1.47. The fourth-order valence-corrected chi connectivity index (χ4v) is 0.482. The first-order valence-electron chi connectivity index (χ1n) is 2.49. The molecule has 1 aromatic rings. The normalized spacial score (nSPS) is 9.56. The van der Waals surface area contributed by atoms with Crippen LogP contribution in [0, 0.1) is 11.9 Å². The molecule has 0 bridgehead atoms. The van der Waals surface area contributed by atoms with Gasteiger partial charge in [-0.15, -0.1) is 0 Å². The van der Waals surface area contributed by atoms with Crippen LogP contribution in [0.2, 0.25) is 0 Å². The number of hydrogen-bond donors (Lipinski definition) is 0. The highest BCUT2D eigenvalue weighted by molar-refractivity contribution is 6.32. The zero-order valence-electron chi connectivity index (χ0n) is 4.86. The van der Waals surface area contributed by atoms with E-state index in [-0.39, 0.29) is 0 Å². The molecule has 0 radical (unpaired) electrons. The van der Waals surface area contributed by atoms with Crippen LogP contribution in [0.3, 0.4) is 0 Å². The lowest BCUT2D eigenvalue weighted by Gasteiger charge is -1.91. The largest absolute Gasteiger partial charge is 0.215 e. The van der Waals surface area contributed by atoms with E-state index in [1.165, 1.54) is 13.9 Å². The molecule has 1 aromatic heterocycles. The van der Waals surface area contributed by atoms with E-state index in [0.29, 0.717) is 5.46 Å². The van der Waals surface area contributed by atoms with Gasteiger partial charge in [-0.3, -0.25) is 0 Å². The second-order valence-corrected chi connectivity index (χ2v) is 1.74. The Balaban J connectivity index is 3.17. The highest BCUT2D eigenvalue weighted by Gasteiger charge is 1.97. The average Bonchev–Trinajstić information content (AvgIpc) is 1.80. The molecular formula is C5H4BF2N. The summed E-state index contributed by atoms with van der Waals surface area (Å²) in [5.74, 6) is -1.52. The number of rotatable bonds is 0. The Morgan fingerprint density at radius 3 is 2.44 bits per heavy atom. The fourth-order valence-electron chi connectivity index (χ4n) is 0.482. The smallest absolute Gasteiger partial charge is 0.191 e. The first kappa shape index (κ1) is 6.20. The molecule has 0 spiro atoms. The van der Waals surface area contributed by atoms with Crippen molar-refractivity contribution >= 4 is 13.3 Å². The molecule has 0 saturated carbocycles. The Morgan fingerprint density at radius 1 is 1.33 bits per heavy atom. The Labute approximate surface area is 52.1 Å². The van der Waals surface area contributed by atoms with Crippen LogP contribution < -0.4 is 5.46 Å². The molecule has 46 valence electrons. The molecule has 1 heterocycles. The minimum Gasteiger partial charge on any atom is -0.191 e. The summed E-state index contributed by atoms with van der Waals surface area (Å²) in [5.41, 5.74) is 0.358. The maximum Gasteiger partial charge on any atom is 0.215 e. The molecule has 9 heavy (non-hydrogen) atoms. The van der Waals surface area contributed by atoms with E-state index in [2.05, 4.69) is 4.98 Å². The number of aromatic nitrogens is 1. The second kappa shape index (κ2) is 2.13. The summed E-state index contributed by atoms with van der Waals surface area (Å²) in [6.45, 7) is 0. The van der Waals surface area contributed by atoms with Crippen LogP contribution in [-0.2, 0) is 0 Å². The standard InChI is InChI=1S/C5H4BF2N/c6-3-1-2-4(7)9-5(3)8/h1-2H,6H2. The lowest BCUT2D eigenvalue weighted by Crippen LogP contribution is -2.10. The third-order valence-corrected chi connectivity index (χ3v) is 1.00. The van der Waals surface area contributed by atoms with Gasteiger partial charge in [0.05, 0.1) is 0 Å². The van der Waals surface area contributed by atoms with Gasteiger partial charge in [0, 0.05) is 0 Å². The van der Waals surface area contributed by atoms with Crippen LogP contribution >= 0.6 is 0 Å². The average molecular weight is 127 g/mol. The van der Waals surface area contributed by atoms with Gasteiger partial charge in [-0.05, 0) is 11.5 Å². The zero-order valence-corrected chi connectivity index (χ0v) is 4.86. The molecule has 1 nitrogen and oxygen atoms in total. The molecule has 0 aromatic carbocycles. The summed E-state index contributed by atoms with van der Waals surface area (Å²) in [6.07, 6.45) is 0. The van der Waals surface area contributed by atoms with Crippen molar-refractivity contribution in [1.82, 2.24) is 4.98 Å². The van der Waals surface area contributed by atoms with Crippen molar-refractivity contribution in [2.45, 2.75) is 0 Å². The monoisotopic (exact) mass is 127 g/mol. The second-order valence-electron chi connectivity index (χ2n) is 1.74. The first-order chi connectivity index (χ1) is 4.20. The number of hydrogen-bond acceptors (Lipinski definition) is 1. The van der Waals surface area contributed by atoms with E-state index in [1.54, 1.807) is 0 Å². The summed E-state index contributed by atoms with van der Waals surface area (Å²) in [6, 6.07) is 2.47. The summed E-state index contributed by atoms with van der Waals surface area (Å²) >= 11 is 0. The molecule has 0 N–H and O–H groups in total. The van der Waals surface area contributed by atoms with Crippen LogP contribution in [0.5, 0.6) is 0 Å². The first-order valence-corrected chi connectivity index (χ1v) is 2.49. The number of pyridine rings is 1. The SMILES string of the molecule is Bc1ccc(F)nc1F. The van der Waals surface area contributed by atoms with Crippen molar-refractivity contribution in [2.75, 3.05) is 0 Å². The van der Waals surface area contributed by atoms with Gasteiger partial charge in [0.1, 0.15) is 7.85 Å².